The van der Waals surface area contributed by atoms with Gasteiger partial charge in [-0.15, -0.1) is 0 Å². The molecule has 1 aromatic rings. The molecule has 0 radical (unpaired) electrons. The number of phenolic OH excluding ortho intramolecular Hbond substituents is 1. The Labute approximate surface area is 101 Å². The van der Waals surface area contributed by atoms with Gasteiger partial charge in [-0.3, -0.25) is 4.79 Å². The van der Waals surface area contributed by atoms with Gasteiger partial charge in [0.25, 0.3) is 5.91 Å². The molecule has 1 aliphatic rings. The molecule has 5 heteroatoms. The topological polar surface area (TPSA) is 49.3 Å². The average Bonchev–Trinajstić information content (AvgIpc) is 2.54. The molecular weight excluding hydrogens is 265 g/mol. The van der Waals surface area contributed by atoms with E-state index < -0.39 is 41.8 Å². The summed E-state index contributed by atoms with van der Waals surface area (Å²) in [6.07, 6.45) is -5.20. The van der Waals surface area contributed by atoms with Gasteiger partial charge >= 0.3 is 0 Å². The van der Waals surface area contributed by atoms with Gasteiger partial charge in [-0.05, 0) is 24.9 Å². The Balaban J connectivity index is 2.32. The summed E-state index contributed by atoms with van der Waals surface area (Å²) in [5.41, 5.74) is -0.765. The molecule has 80 valence electrons. The second-order valence-electron chi connectivity index (χ2n) is 2.86. The molecule has 0 spiro atoms. The van der Waals surface area contributed by atoms with Crippen LogP contribution in [0, 0.1) is 5.82 Å². The number of amides is 1. The van der Waals surface area contributed by atoms with E-state index in [1.165, 1.54) is 0 Å². The van der Waals surface area contributed by atoms with E-state index in [0.717, 1.165) is 12.1 Å². The van der Waals surface area contributed by atoms with Crippen molar-refractivity contribution >= 4 is 21.8 Å². The van der Waals surface area contributed by atoms with Gasteiger partial charge in [0.15, 0.2) is 0 Å². The van der Waals surface area contributed by atoms with Gasteiger partial charge in [0.2, 0.25) is 0 Å². The fraction of sp³-hybridized carbons (Fsp3) is 0.300. The van der Waals surface area contributed by atoms with Crippen LogP contribution in [0.25, 0.3) is 0 Å². The Bertz CT molecular complexity index is 572. The molecule has 0 heterocycles. The van der Waals surface area contributed by atoms with E-state index in [0.29, 0.717) is 0 Å². The van der Waals surface area contributed by atoms with Gasteiger partial charge < -0.3 is 10.4 Å². The summed E-state index contributed by atoms with van der Waals surface area (Å²) in [4.78, 5) is 11.8. The number of phenols is 1. The molecule has 1 aromatic carbocycles. The van der Waals surface area contributed by atoms with Crippen molar-refractivity contribution in [1.82, 2.24) is 5.32 Å². The number of benzene rings is 1. The lowest BCUT2D eigenvalue weighted by Crippen LogP contribution is -2.26. The molecule has 0 bridgehead atoms. The summed E-state index contributed by atoms with van der Waals surface area (Å²) in [7, 11) is 0. The number of hydrogen-bond donors (Lipinski definition) is 2. The predicted octanol–water partition coefficient (Wildman–Crippen LogP) is 2.19. The third-order valence-electron chi connectivity index (χ3n) is 1.75. The lowest BCUT2D eigenvalue weighted by molar-refractivity contribution is 0.0944. The molecule has 2 rings (SSSR count). The van der Waals surface area contributed by atoms with Gasteiger partial charge in [0, 0.05) is 16.0 Å². The second kappa shape index (κ2) is 3.81. The number of nitrogens with one attached hydrogen (secondary N) is 1. The average molecular weight is 279 g/mol. The summed E-state index contributed by atoms with van der Waals surface area (Å²) < 4.78 is 50.8. The van der Waals surface area contributed by atoms with E-state index in [9.17, 15) is 14.3 Å². The zero-order valence-electron chi connectivity index (χ0n) is 12.3. The second-order valence-corrected chi connectivity index (χ2v) is 3.78. The molecule has 0 saturated heterocycles. The molecule has 1 saturated carbocycles. The van der Waals surface area contributed by atoms with Crippen LogP contribution in [0.1, 0.15) is 30.0 Å². The fourth-order valence-electron chi connectivity index (χ4n) is 1.05. The van der Waals surface area contributed by atoms with Gasteiger partial charge in [0.1, 0.15) is 17.1 Å². The van der Waals surface area contributed by atoms with E-state index >= 15 is 0 Å². The Kier molecular flexibility index (Phi) is 1.48. The monoisotopic (exact) mass is 278 g/mol. The zero-order valence-corrected chi connectivity index (χ0v) is 8.85. The molecule has 1 fully saturated rings. The highest BCUT2D eigenvalue weighted by Gasteiger charge is 2.26. The number of rotatable bonds is 2. The molecule has 15 heavy (non-hydrogen) atoms. The summed E-state index contributed by atoms with van der Waals surface area (Å²) in [6, 6.07) is -0.546. The van der Waals surface area contributed by atoms with E-state index in [-0.39, 0.29) is 4.47 Å². The largest absolute Gasteiger partial charge is 0.507 e. The summed E-state index contributed by atoms with van der Waals surface area (Å²) in [6.45, 7) is 0. The lowest BCUT2D eigenvalue weighted by atomic mass is 10.1. The number of carbonyl (C=O) groups excluding carboxylic acids is 1. The maximum Gasteiger partial charge on any atom is 0.258 e. The molecule has 0 atom stereocenters. The number of hydrogen-bond acceptors (Lipinski definition) is 2. The van der Waals surface area contributed by atoms with Crippen molar-refractivity contribution in [2.75, 3.05) is 0 Å². The van der Waals surface area contributed by atoms with Gasteiger partial charge in [-0.2, -0.15) is 0 Å². The van der Waals surface area contributed by atoms with Crippen molar-refractivity contribution in [3.63, 3.8) is 0 Å². The third-order valence-corrected chi connectivity index (χ3v) is 2.21. The van der Waals surface area contributed by atoms with Crippen LogP contribution in [-0.4, -0.2) is 17.0 Å². The van der Waals surface area contributed by atoms with Crippen LogP contribution in [-0.2, 0) is 0 Å². The highest BCUT2D eigenvalue weighted by atomic mass is 79.9. The molecule has 0 aromatic heterocycles. The number of carbonyl (C=O) groups is 1. The highest BCUT2D eigenvalue weighted by molar-refractivity contribution is 9.10. The maximum atomic E-state index is 13.6. The van der Waals surface area contributed by atoms with Crippen molar-refractivity contribution in [1.29, 1.82) is 0 Å². The predicted molar refractivity (Wildman–Crippen MR) is 56.3 cm³/mol. The van der Waals surface area contributed by atoms with Crippen LogP contribution in [0.15, 0.2) is 16.6 Å². The Morgan fingerprint density at radius 1 is 1.73 bits per heavy atom. The molecule has 0 unspecified atom stereocenters. The molecule has 1 amide bonds. The van der Waals surface area contributed by atoms with Crippen LogP contribution in [0.4, 0.5) is 4.39 Å². The Hall–Kier alpha value is -1.10. The summed E-state index contributed by atoms with van der Waals surface area (Å²) >= 11 is 2.92. The van der Waals surface area contributed by atoms with Crippen LogP contribution in [0.5, 0.6) is 5.75 Å². The van der Waals surface area contributed by atoms with Crippen molar-refractivity contribution in [2.45, 2.75) is 18.8 Å². The minimum Gasteiger partial charge on any atom is -0.507 e. The minimum atomic E-state index is -2.60. The molecule has 1 aliphatic carbocycles. The van der Waals surface area contributed by atoms with Gasteiger partial charge in [0.05, 0.1) is 1.37 Å². The standard InChI is InChI=1S/C10H9BrFNO2/c11-5-3-7(12)9(8(14)4-5)10(15)13-6-1-2-6/h3-4,6,14H,1-2H2,(H,13,15)/i1D2,2D2,6D. The zero-order chi connectivity index (χ0) is 15.5. The first-order valence-electron chi connectivity index (χ1n) is 6.46. The molecule has 0 aliphatic heterocycles. The first-order chi connectivity index (χ1) is 8.95. The molecule has 3 nitrogen and oxygen atoms in total. The molecule has 2 N–H and O–H groups in total. The molecular formula is C10H9BrFNO2. The first kappa shape index (κ1) is 5.84. The highest BCUT2D eigenvalue weighted by Crippen LogP contribution is 2.27. The number of aromatic hydroxyl groups is 1. The SMILES string of the molecule is [2H]C1([2H])C([2H])([2H])C1([2H])NC(=O)c1c(O)cc(Br)cc1F. The van der Waals surface area contributed by atoms with E-state index in [2.05, 4.69) is 15.9 Å². The van der Waals surface area contributed by atoms with Gasteiger partial charge in [-0.25, -0.2) is 4.39 Å². The van der Waals surface area contributed by atoms with E-state index in [4.69, 9.17) is 6.85 Å². The normalized spacial score (nSPS) is 28.8. The minimum absolute atomic E-state index is 0.196. The van der Waals surface area contributed by atoms with Crippen LogP contribution < -0.4 is 5.32 Å². The van der Waals surface area contributed by atoms with Crippen LogP contribution in [0.3, 0.4) is 0 Å². The maximum absolute atomic E-state index is 13.6. The smallest absolute Gasteiger partial charge is 0.258 e. The quantitative estimate of drug-likeness (QED) is 0.871. The summed E-state index contributed by atoms with van der Waals surface area (Å²) in [5, 5.41) is 11.3. The van der Waals surface area contributed by atoms with Crippen molar-refractivity contribution < 1.29 is 21.1 Å². The van der Waals surface area contributed by atoms with Crippen molar-refractivity contribution in [2.24, 2.45) is 0 Å². The van der Waals surface area contributed by atoms with Gasteiger partial charge in [-0.1, -0.05) is 15.9 Å². The fourth-order valence-corrected chi connectivity index (χ4v) is 1.47. The third kappa shape index (κ3) is 2.28. The first-order valence-corrected chi connectivity index (χ1v) is 4.75. The van der Waals surface area contributed by atoms with Crippen molar-refractivity contribution in [3.05, 3.63) is 28.0 Å². The van der Waals surface area contributed by atoms with Crippen LogP contribution >= 0.6 is 15.9 Å². The van der Waals surface area contributed by atoms with E-state index in [1.54, 1.807) is 5.32 Å². The lowest BCUT2D eigenvalue weighted by Gasteiger charge is -2.07. The van der Waals surface area contributed by atoms with Crippen molar-refractivity contribution in [3.8, 4) is 5.75 Å². The van der Waals surface area contributed by atoms with Crippen LogP contribution in [0.2, 0.25) is 0 Å². The Morgan fingerprint density at radius 3 is 2.93 bits per heavy atom. The van der Waals surface area contributed by atoms with E-state index in [1.807, 2.05) is 0 Å². The Morgan fingerprint density at radius 2 is 2.40 bits per heavy atom. The number of halogens is 2. The summed E-state index contributed by atoms with van der Waals surface area (Å²) in [5.74, 6) is -3.02.